The highest BCUT2D eigenvalue weighted by atomic mass is 16.6. The third-order valence-electron chi connectivity index (χ3n) is 2.39. The van der Waals surface area contributed by atoms with E-state index in [1.165, 1.54) is 0 Å². The van der Waals surface area contributed by atoms with Gasteiger partial charge in [-0.2, -0.15) is 0 Å². The first-order valence-corrected chi connectivity index (χ1v) is 4.60. The summed E-state index contributed by atoms with van der Waals surface area (Å²) in [6.07, 6.45) is 2.59. The lowest BCUT2D eigenvalue weighted by molar-refractivity contribution is 0.174. The average molecular weight is 187 g/mol. The van der Waals surface area contributed by atoms with Gasteiger partial charge in [-0.1, -0.05) is 5.16 Å². The highest BCUT2D eigenvalue weighted by Gasteiger charge is 2.11. The molecule has 1 aliphatic rings. The Labute approximate surface area is 81.0 Å². The zero-order valence-electron chi connectivity index (χ0n) is 7.56. The van der Waals surface area contributed by atoms with E-state index in [-0.39, 0.29) is 0 Å². The molecule has 0 radical (unpaired) electrons. The van der Waals surface area contributed by atoms with E-state index in [9.17, 15) is 0 Å². The maximum Gasteiger partial charge on any atom is 0.133 e. The van der Waals surface area contributed by atoms with Crippen LogP contribution in [0.15, 0.2) is 40.1 Å². The normalized spacial score (nSPS) is 15.6. The second kappa shape index (κ2) is 2.87. The molecule has 0 aliphatic carbocycles. The summed E-state index contributed by atoms with van der Waals surface area (Å²) in [5, 5.41) is 5.09. The Bertz CT molecular complexity index is 499. The Morgan fingerprint density at radius 3 is 3.07 bits per heavy atom. The van der Waals surface area contributed by atoms with Crippen LogP contribution in [0.3, 0.4) is 0 Å². The first-order chi connectivity index (χ1) is 6.93. The number of hydrogen-bond acceptors (Lipinski definition) is 3. The van der Waals surface area contributed by atoms with Crippen LogP contribution in [0.1, 0.15) is 12.0 Å². The lowest BCUT2D eigenvalue weighted by Crippen LogP contribution is -1.96. The van der Waals surface area contributed by atoms with E-state index >= 15 is 0 Å². The predicted molar refractivity (Wildman–Crippen MR) is 53.3 cm³/mol. The van der Waals surface area contributed by atoms with E-state index in [0.717, 1.165) is 28.7 Å². The van der Waals surface area contributed by atoms with Crippen LogP contribution in [0, 0.1) is 0 Å². The van der Waals surface area contributed by atoms with E-state index in [1.54, 1.807) is 6.26 Å². The Kier molecular flexibility index (Phi) is 1.56. The van der Waals surface area contributed by atoms with Gasteiger partial charge in [-0.15, -0.1) is 0 Å². The third-order valence-corrected chi connectivity index (χ3v) is 2.39. The lowest BCUT2D eigenvalue weighted by atomic mass is 10.1. The molecule has 2 aromatic rings. The topological polar surface area (TPSA) is 34.7 Å². The molecule has 2 heterocycles. The van der Waals surface area contributed by atoms with Gasteiger partial charge in [0.25, 0.3) is 0 Å². The van der Waals surface area contributed by atoms with Gasteiger partial charge >= 0.3 is 0 Å². The smallest absolute Gasteiger partial charge is 0.133 e. The van der Waals surface area contributed by atoms with Gasteiger partial charge in [0.05, 0.1) is 12.0 Å². The highest BCUT2D eigenvalue weighted by Crippen LogP contribution is 2.19. The molecule has 1 aromatic heterocycles. The van der Waals surface area contributed by atoms with Crippen molar-refractivity contribution >= 4 is 16.7 Å². The largest absolute Gasteiger partial charge is 0.464 e. The summed E-state index contributed by atoms with van der Waals surface area (Å²) in [5.41, 5.74) is 3.05. The molecular weight excluding hydrogens is 178 g/mol. The van der Waals surface area contributed by atoms with Crippen LogP contribution in [0.2, 0.25) is 0 Å². The van der Waals surface area contributed by atoms with Gasteiger partial charge < -0.3 is 9.25 Å². The second-order valence-corrected chi connectivity index (χ2v) is 3.29. The van der Waals surface area contributed by atoms with Crippen molar-refractivity contribution in [1.29, 1.82) is 0 Å². The number of furan rings is 1. The van der Waals surface area contributed by atoms with Crippen LogP contribution >= 0.6 is 0 Å². The molecule has 0 spiro atoms. The third kappa shape index (κ3) is 1.09. The molecule has 1 aromatic carbocycles. The number of fused-ring (bicyclic) bond motifs is 1. The van der Waals surface area contributed by atoms with Gasteiger partial charge in [0.1, 0.15) is 12.2 Å². The second-order valence-electron chi connectivity index (χ2n) is 3.29. The van der Waals surface area contributed by atoms with Crippen molar-refractivity contribution in [3.63, 3.8) is 0 Å². The molecule has 0 saturated heterocycles. The van der Waals surface area contributed by atoms with E-state index in [0.29, 0.717) is 6.61 Å². The Balaban J connectivity index is 2.13. The number of rotatable bonds is 1. The zero-order chi connectivity index (χ0) is 9.38. The van der Waals surface area contributed by atoms with E-state index in [1.807, 2.05) is 18.2 Å². The quantitative estimate of drug-likeness (QED) is 0.687. The highest BCUT2D eigenvalue weighted by molar-refractivity contribution is 6.03. The average Bonchev–Trinajstić information content (AvgIpc) is 2.88. The van der Waals surface area contributed by atoms with Crippen LogP contribution in [0.5, 0.6) is 0 Å². The summed E-state index contributed by atoms with van der Waals surface area (Å²) in [7, 11) is 0. The molecule has 0 atom stereocenters. The van der Waals surface area contributed by atoms with Crippen LogP contribution in [0.25, 0.3) is 11.0 Å². The fraction of sp³-hybridized carbons (Fsp3) is 0.182. The lowest BCUT2D eigenvalue weighted by Gasteiger charge is -1.97. The maximum absolute atomic E-state index is 5.26. The number of benzene rings is 1. The van der Waals surface area contributed by atoms with E-state index in [4.69, 9.17) is 9.25 Å². The minimum atomic E-state index is 0.693. The Morgan fingerprint density at radius 1 is 1.21 bits per heavy atom. The monoisotopic (exact) mass is 187 g/mol. The van der Waals surface area contributed by atoms with Gasteiger partial charge in [-0.25, -0.2) is 0 Å². The van der Waals surface area contributed by atoms with Gasteiger partial charge in [0.2, 0.25) is 0 Å². The number of oxime groups is 1. The van der Waals surface area contributed by atoms with Crippen LogP contribution in [0.4, 0.5) is 0 Å². The maximum atomic E-state index is 5.26. The number of hydrogen-bond donors (Lipinski definition) is 0. The summed E-state index contributed by atoms with van der Waals surface area (Å²) in [4.78, 5) is 4.97. The van der Waals surface area contributed by atoms with Crippen molar-refractivity contribution in [2.24, 2.45) is 5.16 Å². The Morgan fingerprint density at radius 2 is 2.21 bits per heavy atom. The molecule has 70 valence electrons. The van der Waals surface area contributed by atoms with Crippen molar-refractivity contribution in [2.45, 2.75) is 6.42 Å². The zero-order valence-corrected chi connectivity index (χ0v) is 7.56. The molecule has 0 bridgehead atoms. The summed E-state index contributed by atoms with van der Waals surface area (Å²) in [6, 6.07) is 8.01. The molecule has 0 amide bonds. The summed E-state index contributed by atoms with van der Waals surface area (Å²) >= 11 is 0. The molecular formula is C11H9NO2. The fourth-order valence-electron chi connectivity index (χ4n) is 1.65. The van der Waals surface area contributed by atoms with Gasteiger partial charge in [-0.05, 0) is 24.3 Å². The number of nitrogens with zero attached hydrogens (tertiary/aromatic N) is 1. The van der Waals surface area contributed by atoms with Crippen molar-refractivity contribution in [3.8, 4) is 0 Å². The van der Waals surface area contributed by atoms with Crippen molar-refractivity contribution < 1.29 is 9.25 Å². The first-order valence-electron chi connectivity index (χ1n) is 4.60. The Hall–Kier alpha value is -1.77. The van der Waals surface area contributed by atoms with Crippen LogP contribution in [-0.4, -0.2) is 12.3 Å². The van der Waals surface area contributed by atoms with E-state index < -0.39 is 0 Å². The van der Waals surface area contributed by atoms with Crippen molar-refractivity contribution in [1.82, 2.24) is 0 Å². The SMILES string of the molecule is c1cc2cc(C3=NOCC3)ccc2o1. The van der Waals surface area contributed by atoms with Crippen molar-refractivity contribution in [3.05, 3.63) is 36.1 Å². The molecule has 0 saturated carbocycles. The predicted octanol–water partition coefficient (Wildman–Crippen LogP) is 2.56. The molecule has 3 nitrogen and oxygen atoms in total. The minimum Gasteiger partial charge on any atom is -0.464 e. The molecule has 0 unspecified atom stereocenters. The van der Waals surface area contributed by atoms with Crippen molar-refractivity contribution in [2.75, 3.05) is 6.61 Å². The standard InChI is InChI=1S/C11H9NO2/c1-2-11-9(3-5-13-11)7-8(1)10-4-6-14-12-10/h1-3,5,7H,4,6H2. The molecule has 3 heteroatoms. The minimum absolute atomic E-state index is 0.693. The summed E-state index contributed by atoms with van der Waals surface area (Å²) in [6.45, 7) is 0.693. The molecule has 3 rings (SSSR count). The van der Waals surface area contributed by atoms with Gasteiger partial charge in [0, 0.05) is 17.4 Å². The fourth-order valence-corrected chi connectivity index (χ4v) is 1.65. The van der Waals surface area contributed by atoms with Gasteiger partial charge in [0.15, 0.2) is 0 Å². The summed E-state index contributed by atoms with van der Waals surface area (Å²) in [5.74, 6) is 0. The summed E-state index contributed by atoms with van der Waals surface area (Å²) < 4.78 is 5.26. The molecule has 0 fully saturated rings. The first kappa shape index (κ1) is 7.62. The molecule has 14 heavy (non-hydrogen) atoms. The molecule has 1 aliphatic heterocycles. The van der Waals surface area contributed by atoms with Gasteiger partial charge in [-0.3, -0.25) is 0 Å². The van der Waals surface area contributed by atoms with Crippen LogP contribution in [-0.2, 0) is 4.84 Å². The van der Waals surface area contributed by atoms with Crippen LogP contribution < -0.4 is 0 Å². The van der Waals surface area contributed by atoms with E-state index in [2.05, 4.69) is 11.2 Å². The molecule has 0 N–H and O–H groups in total.